The number of hydrogen-bond acceptors (Lipinski definition) is 6. The first-order valence-electron chi connectivity index (χ1n) is 8.81. The summed E-state index contributed by atoms with van der Waals surface area (Å²) in [5.74, 6) is -0.735. The van der Waals surface area contributed by atoms with Gasteiger partial charge in [0.05, 0.1) is 22.5 Å². The Labute approximate surface area is 159 Å². The number of nitrogens with zero attached hydrogens (tertiary/aromatic N) is 3. The Morgan fingerprint density at radius 1 is 0.929 bits per heavy atom. The molecule has 0 N–H and O–H groups in total. The predicted octanol–water partition coefficient (Wildman–Crippen LogP) is 2.54. The van der Waals surface area contributed by atoms with Crippen molar-refractivity contribution in [1.29, 1.82) is 0 Å². The van der Waals surface area contributed by atoms with E-state index < -0.39 is 22.8 Å². The molecule has 1 aliphatic heterocycles. The summed E-state index contributed by atoms with van der Waals surface area (Å²) >= 11 is 0. The van der Waals surface area contributed by atoms with Gasteiger partial charge < -0.3 is 0 Å². The SMILES string of the molecule is O=C1C2=C(C(=O)[C@@H]3C=CC=C[C@H]13)[C@H]1N=C(c3ccc([N+](=O)[O-])cc3)N=C1C=C2. The standard InChI is InChI=1S/C21H13N3O4/c25-19-13-3-1-2-4-14(13)20(26)17-15(19)9-10-16-18(17)23-21(22-16)11-5-7-12(8-6-11)24(27)28/h1-10,13-14,18H/t13-,14+,18-/m0/s1. The zero-order valence-electron chi connectivity index (χ0n) is 14.5. The van der Waals surface area contributed by atoms with Gasteiger partial charge >= 0.3 is 0 Å². The number of non-ortho nitro benzene ring substituents is 1. The van der Waals surface area contributed by atoms with Crippen molar-refractivity contribution in [2.24, 2.45) is 21.8 Å². The summed E-state index contributed by atoms with van der Waals surface area (Å²) in [6, 6.07) is 5.33. The van der Waals surface area contributed by atoms with Crippen molar-refractivity contribution in [3.8, 4) is 0 Å². The molecule has 7 nitrogen and oxygen atoms in total. The van der Waals surface area contributed by atoms with Gasteiger partial charge in [-0.3, -0.25) is 24.7 Å². The van der Waals surface area contributed by atoms with Gasteiger partial charge in [-0.2, -0.15) is 0 Å². The number of nitro benzene ring substituents is 1. The number of rotatable bonds is 2. The second-order valence-corrected chi connectivity index (χ2v) is 6.91. The minimum Gasteiger partial charge on any atom is -0.294 e. The van der Waals surface area contributed by atoms with E-state index >= 15 is 0 Å². The van der Waals surface area contributed by atoms with E-state index in [-0.39, 0.29) is 17.3 Å². The van der Waals surface area contributed by atoms with Crippen molar-refractivity contribution < 1.29 is 14.5 Å². The molecule has 0 aromatic heterocycles. The van der Waals surface area contributed by atoms with Gasteiger partial charge in [0.1, 0.15) is 6.04 Å². The number of Topliss-reactive ketones (excluding diaryl/α,β-unsaturated/α-hetero) is 2. The van der Waals surface area contributed by atoms with Crippen LogP contribution in [-0.2, 0) is 9.59 Å². The lowest BCUT2D eigenvalue weighted by Crippen LogP contribution is -2.41. The van der Waals surface area contributed by atoms with Crippen LogP contribution >= 0.6 is 0 Å². The van der Waals surface area contributed by atoms with Crippen molar-refractivity contribution in [2.45, 2.75) is 6.04 Å². The molecule has 136 valence electrons. The number of carbonyl (C=O) groups is 2. The van der Waals surface area contributed by atoms with Crippen LogP contribution in [-0.4, -0.2) is 34.1 Å². The van der Waals surface area contributed by atoms with Gasteiger partial charge in [0.25, 0.3) is 5.69 Å². The topological polar surface area (TPSA) is 102 Å². The maximum atomic E-state index is 13.1. The van der Waals surface area contributed by atoms with Crippen molar-refractivity contribution in [2.75, 3.05) is 0 Å². The third-order valence-electron chi connectivity index (χ3n) is 5.36. The van der Waals surface area contributed by atoms with E-state index in [1.54, 1.807) is 48.6 Å². The molecule has 0 amide bonds. The second-order valence-electron chi connectivity index (χ2n) is 6.91. The number of amidine groups is 1. The highest BCUT2D eigenvalue weighted by Gasteiger charge is 2.46. The molecule has 4 aliphatic rings. The third kappa shape index (κ3) is 2.29. The lowest BCUT2D eigenvalue weighted by molar-refractivity contribution is -0.384. The minimum atomic E-state index is -0.609. The molecule has 3 aliphatic carbocycles. The minimum absolute atomic E-state index is 0.0199. The van der Waals surface area contributed by atoms with Crippen LogP contribution in [0.1, 0.15) is 5.56 Å². The van der Waals surface area contributed by atoms with Crippen LogP contribution in [0.2, 0.25) is 0 Å². The molecule has 1 aromatic carbocycles. The molecule has 28 heavy (non-hydrogen) atoms. The summed E-state index contributed by atoms with van der Waals surface area (Å²) in [4.78, 5) is 45.4. The van der Waals surface area contributed by atoms with Crippen LogP contribution in [0.25, 0.3) is 0 Å². The normalized spacial score (nSPS) is 27.2. The highest BCUT2D eigenvalue weighted by atomic mass is 16.6. The number of nitro groups is 1. The lowest BCUT2D eigenvalue weighted by Gasteiger charge is -2.32. The fourth-order valence-electron chi connectivity index (χ4n) is 3.97. The molecule has 0 bridgehead atoms. The number of allylic oxidation sites excluding steroid dienone is 6. The smallest absolute Gasteiger partial charge is 0.269 e. The van der Waals surface area contributed by atoms with Gasteiger partial charge in [-0.05, 0) is 24.3 Å². The summed E-state index contributed by atoms with van der Waals surface area (Å²) in [6.45, 7) is 0. The van der Waals surface area contributed by atoms with E-state index in [2.05, 4.69) is 9.98 Å². The first-order chi connectivity index (χ1) is 13.5. The molecular formula is C21H13N3O4. The molecule has 1 aromatic rings. The predicted molar refractivity (Wildman–Crippen MR) is 102 cm³/mol. The molecule has 0 fully saturated rings. The molecule has 7 heteroatoms. The summed E-state index contributed by atoms with van der Waals surface area (Å²) in [7, 11) is 0. The zero-order valence-corrected chi connectivity index (χ0v) is 14.5. The Kier molecular flexibility index (Phi) is 3.45. The maximum absolute atomic E-state index is 13.1. The van der Waals surface area contributed by atoms with E-state index in [0.717, 1.165) is 0 Å². The number of aliphatic imine (C=N–C) groups is 2. The first-order valence-corrected chi connectivity index (χ1v) is 8.81. The Hall–Kier alpha value is -3.74. The van der Waals surface area contributed by atoms with Crippen LogP contribution in [0.15, 0.2) is 81.9 Å². The summed E-state index contributed by atoms with van der Waals surface area (Å²) in [5.41, 5.74) is 2.00. The van der Waals surface area contributed by atoms with Crippen molar-refractivity contribution in [1.82, 2.24) is 0 Å². The van der Waals surface area contributed by atoms with E-state index in [1.807, 2.05) is 0 Å². The summed E-state index contributed by atoms with van der Waals surface area (Å²) < 4.78 is 0. The van der Waals surface area contributed by atoms with Crippen molar-refractivity contribution >= 4 is 28.8 Å². The monoisotopic (exact) mass is 371 g/mol. The third-order valence-corrected chi connectivity index (χ3v) is 5.36. The van der Waals surface area contributed by atoms with Gasteiger partial charge in [-0.15, -0.1) is 0 Å². The average Bonchev–Trinajstić information content (AvgIpc) is 3.16. The maximum Gasteiger partial charge on any atom is 0.269 e. The van der Waals surface area contributed by atoms with Gasteiger partial charge in [0.2, 0.25) is 0 Å². The van der Waals surface area contributed by atoms with Crippen LogP contribution in [0.3, 0.4) is 0 Å². The molecular weight excluding hydrogens is 358 g/mol. The molecule has 0 spiro atoms. The Morgan fingerprint density at radius 2 is 1.61 bits per heavy atom. The summed E-state index contributed by atoms with van der Waals surface area (Å²) in [6.07, 6.45) is 10.5. The largest absolute Gasteiger partial charge is 0.294 e. The number of carbonyl (C=O) groups excluding carboxylic acids is 2. The molecule has 0 saturated heterocycles. The number of benzene rings is 1. The van der Waals surface area contributed by atoms with Gasteiger partial charge in [0, 0.05) is 28.8 Å². The first kappa shape index (κ1) is 16.4. The Balaban J connectivity index is 1.56. The Morgan fingerprint density at radius 3 is 2.29 bits per heavy atom. The molecule has 1 heterocycles. The Bertz CT molecular complexity index is 1130. The average molecular weight is 371 g/mol. The molecule has 3 atom stereocenters. The van der Waals surface area contributed by atoms with Gasteiger partial charge in [-0.1, -0.05) is 24.3 Å². The highest BCUT2D eigenvalue weighted by molar-refractivity contribution is 6.27. The number of ketones is 2. The van der Waals surface area contributed by atoms with E-state index in [1.165, 1.54) is 12.1 Å². The molecule has 5 rings (SSSR count). The molecule has 0 saturated carbocycles. The van der Waals surface area contributed by atoms with Crippen LogP contribution in [0, 0.1) is 22.0 Å². The zero-order chi connectivity index (χ0) is 19.4. The summed E-state index contributed by atoms with van der Waals surface area (Å²) in [5, 5.41) is 10.8. The van der Waals surface area contributed by atoms with E-state index in [9.17, 15) is 19.7 Å². The highest BCUT2D eigenvalue weighted by Crippen LogP contribution is 2.39. The fourth-order valence-corrected chi connectivity index (χ4v) is 3.97. The van der Waals surface area contributed by atoms with Crippen molar-refractivity contribution in [3.05, 3.63) is 87.5 Å². The second kappa shape index (κ2) is 5.88. The molecule has 0 radical (unpaired) electrons. The van der Waals surface area contributed by atoms with E-state index in [0.29, 0.717) is 28.3 Å². The molecule has 0 unspecified atom stereocenters. The number of hydrogen-bond donors (Lipinski definition) is 0. The van der Waals surface area contributed by atoms with Gasteiger partial charge in [0.15, 0.2) is 17.4 Å². The van der Waals surface area contributed by atoms with Crippen LogP contribution in [0.5, 0.6) is 0 Å². The lowest BCUT2D eigenvalue weighted by atomic mass is 9.69. The van der Waals surface area contributed by atoms with E-state index in [4.69, 9.17) is 0 Å². The van der Waals surface area contributed by atoms with Crippen LogP contribution < -0.4 is 0 Å². The number of fused-ring (bicyclic) bond motifs is 3. The van der Waals surface area contributed by atoms with Gasteiger partial charge in [-0.25, -0.2) is 4.99 Å². The quantitative estimate of drug-likeness (QED) is 0.589. The van der Waals surface area contributed by atoms with Crippen LogP contribution in [0.4, 0.5) is 5.69 Å². The fraction of sp³-hybridized carbons (Fsp3) is 0.143. The van der Waals surface area contributed by atoms with Crippen molar-refractivity contribution in [3.63, 3.8) is 0 Å².